The molecule has 0 aliphatic rings. The predicted octanol–water partition coefficient (Wildman–Crippen LogP) is 3.17. The fraction of sp³-hybridized carbons (Fsp3) is 0.412. The van der Waals surface area contributed by atoms with Gasteiger partial charge in [0.15, 0.2) is 0 Å². The van der Waals surface area contributed by atoms with E-state index in [0.717, 1.165) is 17.9 Å². The fourth-order valence-corrected chi connectivity index (χ4v) is 2.44. The second-order valence-electron chi connectivity index (χ2n) is 6.52. The highest BCUT2D eigenvalue weighted by Gasteiger charge is 2.21. The number of nitro benzene ring substituents is 1. The van der Waals surface area contributed by atoms with Crippen molar-refractivity contribution in [2.75, 3.05) is 13.1 Å². The van der Waals surface area contributed by atoms with E-state index in [4.69, 9.17) is 10.2 Å². The van der Waals surface area contributed by atoms with E-state index in [2.05, 4.69) is 18.7 Å². The first kappa shape index (κ1) is 17.2. The molecule has 1 aromatic heterocycles. The first-order chi connectivity index (χ1) is 10.9. The third kappa shape index (κ3) is 5.19. The smallest absolute Gasteiger partial charge is 0.269 e. The van der Waals surface area contributed by atoms with Crippen LogP contribution < -0.4 is 5.73 Å². The van der Waals surface area contributed by atoms with E-state index in [-0.39, 0.29) is 16.0 Å². The van der Waals surface area contributed by atoms with Gasteiger partial charge in [-0.1, -0.05) is 26.0 Å². The number of benzene rings is 1. The summed E-state index contributed by atoms with van der Waals surface area (Å²) in [6.07, 6.45) is 1.66. The molecule has 6 heteroatoms. The fourth-order valence-electron chi connectivity index (χ4n) is 2.44. The van der Waals surface area contributed by atoms with Gasteiger partial charge >= 0.3 is 0 Å². The van der Waals surface area contributed by atoms with Gasteiger partial charge in [-0.25, -0.2) is 0 Å². The maximum Gasteiger partial charge on any atom is 0.269 e. The third-order valence-electron chi connectivity index (χ3n) is 3.72. The first-order valence-corrected chi connectivity index (χ1v) is 7.58. The number of nitrogens with zero attached hydrogens (tertiary/aromatic N) is 2. The summed E-state index contributed by atoms with van der Waals surface area (Å²) in [7, 11) is 0. The highest BCUT2D eigenvalue weighted by atomic mass is 16.6. The van der Waals surface area contributed by atoms with E-state index in [1.807, 2.05) is 12.1 Å². The molecule has 0 spiro atoms. The van der Waals surface area contributed by atoms with Crippen molar-refractivity contribution in [3.8, 4) is 0 Å². The third-order valence-corrected chi connectivity index (χ3v) is 3.72. The van der Waals surface area contributed by atoms with Crippen LogP contribution in [0.3, 0.4) is 0 Å². The Hall–Kier alpha value is -2.18. The topological polar surface area (TPSA) is 85.5 Å². The molecule has 0 saturated heterocycles. The monoisotopic (exact) mass is 317 g/mol. The number of rotatable bonds is 8. The lowest BCUT2D eigenvalue weighted by Crippen LogP contribution is -2.38. The maximum atomic E-state index is 10.7. The molecule has 2 N–H and O–H groups in total. The van der Waals surface area contributed by atoms with Crippen LogP contribution in [0.5, 0.6) is 0 Å². The summed E-state index contributed by atoms with van der Waals surface area (Å²) >= 11 is 0. The Morgan fingerprint density at radius 3 is 2.43 bits per heavy atom. The minimum Gasteiger partial charge on any atom is -0.468 e. The lowest BCUT2D eigenvalue weighted by molar-refractivity contribution is -0.384. The zero-order chi connectivity index (χ0) is 16.9. The Bertz CT molecular complexity index is 621. The van der Waals surface area contributed by atoms with Gasteiger partial charge in [-0.05, 0) is 29.7 Å². The Labute approximate surface area is 136 Å². The maximum absolute atomic E-state index is 10.7. The van der Waals surface area contributed by atoms with Crippen LogP contribution in [-0.4, -0.2) is 22.9 Å². The largest absolute Gasteiger partial charge is 0.468 e. The van der Waals surface area contributed by atoms with Gasteiger partial charge in [-0.3, -0.25) is 15.0 Å². The normalized spacial score (nSPS) is 11.8. The van der Waals surface area contributed by atoms with Gasteiger partial charge in [-0.2, -0.15) is 0 Å². The van der Waals surface area contributed by atoms with Crippen molar-refractivity contribution in [1.29, 1.82) is 0 Å². The van der Waals surface area contributed by atoms with E-state index in [1.54, 1.807) is 18.4 Å². The standard InChI is InChI=1S/C17H23N3O3/c1-17(2,12-18)13-19(11-16-4-3-9-23-16)10-14-5-7-15(8-6-14)20(21)22/h3-9H,10-13,18H2,1-2H3. The molecule has 0 saturated carbocycles. The molecule has 0 aliphatic heterocycles. The Morgan fingerprint density at radius 1 is 1.22 bits per heavy atom. The molecule has 0 bridgehead atoms. The quantitative estimate of drug-likeness (QED) is 0.597. The molecule has 0 radical (unpaired) electrons. The summed E-state index contributed by atoms with van der Waals surface area (Å²) in [5, 5.41) is 10.7. The van der Waals surface area contributed by atoms with Crippen molar-refractivity contribution in [3.63, 3.8) is 0 Å². The highest BCUT2D eigenvalue weighted by Crippen LogP contribution is 2.20. The van der Waals surface area contributed by atoms with Crippen molar-refractivity contribution in [1.82, 2.24) is 4.90 Å². The number of nitrogens with two attached hydrogens (primary N) is 1. The van der Waals surface area contributed by atoms with E-state index in [9.17, 15) is 10.1 Å². The zero-order valence-electron chi connectivity index (χ0n) is 13.6. The second kappa shape index (κ2) is 7.39. The van der Waals surface area contributed by atoms with Crippen LogP contribution in [0.15, 0.2) is 47.1 Å². The molecule has 6 nitrogen and oxygen atoms in total. The lowest BCUT2D eigenvalue weighted by atomic mass is 9.93. The Balaban J connectivity index is 2.11. The van der Waals surface area contributed by atoms with E-state index >= 15 is 0 Å². The van der Waals surface area contributed by atoms with Crippen molar-refractivity contribution in [3.05, 3.63) is 64.1 Å². The minimum absolute atomic E-state index is 0.0205. The van der Waals surface area contributed by atoms with Crippen molar-refractivity contribution in [2.45, 2.75) is 26.9 Å². The number of non-ortho nitro benzene ring substituents is 1. The molecular formula is C17H23N3O3. The molecule has 124 valence electrons. The summed E-state index contributed by atoms with van der Waals surface area (Å²) in [6, 6.07) is 10.5. The molecule has 0 aliphatic carbocycles. The SMILES string of the molecule is CC(C)(CN)CN(Cc1ccc([N+](=O)[O-])cc1)Cc1ccco1. The highest BCUT2D eigenvalue weighted by molar-refractivity contribution is 5.32. The Morgan fingerprint density at radius 2 is 1.91 bits per heavy atom. The average molecular weight is 317 g/mol. The van der Waals surface area contributed by atoms with Crippen LogP contribution in [0.2, 0.25) is 0 Å². The molecule has 2 rings (SSSR count). The van der Waals surface area contributed by atoms with Crippen molar-refractivity contribution < 1.29 is 9.34 Å². The minimum atomic E-state index is -0.387. The molecule has 0 amide bonds. The Kier molecular flexibility index (Phi) is 5.52. The van der Waals surface area contributed by atoms with E-state index in [0.29, 0.717) is 19.6 Å². The van der Waals surface area contributed by atoms with E-state index in [1.165, 1.54) is 12.1 Å². The molecular weight excluding hydrogens is 294 g/mol. The van der Waals surface area contributed by atoms with Crippen LogP contribution >= 0.6 is 0 Å². The molecule has 1 aromatic carbocycles. The summed E-state index contributed by atoms with van der Waals surface area (Å²) < 4.78 is 5.44. The number of nitro groups is 1. The van der Waals surface area contributed by atoms with Crippen LogP contribution in [0.1, 0.15) is 25.2 Å². The second-order valence-corrected chi connectivity index (χ2v) is 6.52. The molecule has 1 heterocycles. The number of hydrogen-bond acceptors (Lipinski definition) is 5. The number of furan rings is 1. The van der Waals surface area contributed by atoms with Gasteiger partial charge in [0.05, 0.1) is 17.7 Å². The van der Waals surface area contributed by atoms with Gasteiger partial charge in [0.2, 0.25) is 0 Å². The van der Waals surface area contributed by atoms with Gasteiger partial charge in [-0.15, -0.1) is 0 Å². The molecule has 0 unspecified atom stereocenters. The summed E-state index contributed by atoms with van der Waals surface area (Å²) in [4.78, 5) is 12.6. The van der Waals surface area contributed by atoms with Crippen LogP contribution in [0.25, 0.3) is 0 Å². The summed E-state index contributed by atoms with van der Waals surface area (Å²) in [5.74, 6) is 0.889. The summed E-state index contributed by atoms with van der Waals surface area (Å²) in [5.41, 5.74) is 6.96. The first-order valence-electron chi connectivity index (χ1n) is 7.58. The lowest BCUT2D eigenvalue weighted by Gasteiger charge is -2.31. The molecule has 0 fully saturated rings. The van der Waals surface area contributed by atoms with Gasteiger partial charge in [0.25, 0.3) is 5.69 Å². The van der Waals surface area contributed by atoms with Crippen molar-refractivity contribution >= 4 is 5.69 Å². The van der Waals surface area contributed by atoms with Gasteiger partial charge in [0, 0.05) is 25.2 Å². The van der Waals surface area contributed by atoms with Crippen LogP contribution in [0, 0.1) is 15.5 Å². The zero-order valence-corrected chi connectivity index (χ0v) is 13.6. The number of hydrogen-bond donors (Lipinski definition) is 1. The summed E-state index contributed by atoms with van der Waals surface area (Å²) in [6.45, 7) is 6.99. The van der Waals surface area contributed by atoms with Gasteiger partial charge < -0.3 is 10.2 Å². The average Bonchev–Trinajstić information content (AvgIpc) is 3.00. The predicted molar refractivity (Wildman–Crippen MR) is 88.8 cm³/mol. The van der Waals surface area contributed by atoms with Gasteiger partial charge in [0.1, 0.15) is 5.76 Å². The molecule has 23 heavy (non-hydrogen) atoms. The van der Waals surface area contributed by atoms with E-state index < -0.39 is 0 Å². The van der Waals surface area contributed by atoms with Crippen LogP contribution in [-0.2, 0) is 13.1 Å². The van der Waals surface area contributed by atoms with Crippen molar-refractivity contribution in [2.24, 2.45) is 11.1 Å². The molecule has 2 aromatic rings. The molecule has 0 atom stereocenters. The van der Waals surface area contributed by atoms with Crippen LogP contribution in [0.4, 0.5) is 5.69 Å².